The van der Waals surface area contributed by atoms with Crippen LogP contribution >= 0.6 is 11.6 Å². The fraction of sp³-hybridized carbons (Fsp3) is 0.364. The number of ether oxygens (including phenoxy) is 3. The highest BCUT2D eigenvalue weighted by Crippen LogP contribution is 2.25. The lowest BCUT2D eigenvalue weighted by molar-refractivity contribution is 0.0460. The van der Waals surface area contributed by atoms with Gasteiger partial charge in [0.15, 0.2) is 11.5 Å². The van der Waals surface area contributed by atoms with Gasteiger partial charge in [0.05, 0.1) is 7.11 Å². The minimum Gasteiger partial charge on any atom is -0.493 e. The average Bonchev–Trinajstić information content (AvgIpc) is 2.34. The Kier molecular flexibility index (Phi) is 5.59. The van der Waals surface area contributed by atoms with E-state index < -0.39 is 11.5 Å². The zero-order valence-electron chi connectivity index (χ0n) is 9.26. The number of rotatable bonds is 6. The van der Waals surface area contributed by atoms with Crippen LogP contribution in [0.2, 0.25) is 0 Å². The molecule has 94 valence electrons. The molecule has 1 unspecified atom stereocenters. The van der Waals surface area contributed by atoms with E-state index in [-0.39, 0.29) is 13.2 Å². The molecule has 0 bridgehead atoms. The number of hydrogen-bond donors (Lipinski definition) is 1. The lowest BCUT2D eigenvalue weighted by Gasteiger charge is -2.13. The first-order chi connectivity index (χ1) is 8.13. The van der Waals surface area contributed by atoms with Crippen LogP contribution in [-0.4, -0.2) is 37.0 Å². The molecule has 1 aromatic carbocycles. The maximum atomic E-state index is 10.3. The van der Waals surface area contributed by atoms with Gasteiger partial charge in [0.2, 0.25) is 0 Å². The molecule has 1 rings (SSSR count). The van der Waals surface area contributed by atoms with Gasteiger partial charge in [0, 0.05) is 11.6 Å². The van der Waals surface area contributed by atoms with Gasteiger partial charge < -0.3 is 19.3 Å². The summed E-state index contributed by atoms with van der Waals surface area (Å²) in [4.78, 5) is 10.3. The van der Waals surface area contributed by atoms with E-state index in [1.54, 1.807) is 24.3 Å². The van der Waals surface area contributed by atoms with Gasteiger partial charge in [-0.15, -0.1) is 0 Å². The highest BCUT2D eigenvalue weighted by molar-refractivity contribution is 6.61. The first-order valence-corrected chi connectivity index (χ1v) is 5.27. The van der Waals surface area contributed by atoms with Crippen molar-refractivity contribution in [2.24, 2.45) is 0 Å². The van der Waals surface area contributed by atoms with Crippen molar-refractivity contribution in [2.45, 2.75) is 6.10 Å². The standard InChI is InChI=1S/C11H13ClO5/c1-15-9-4-2-3-5-10(9)16-6-8(13)7-17-11(12)14/h2-5,8,13H,6-7H2,1H3. The van der Waals surface area contributed by atoms with Crippen LogP contribution in [0.3, 0.4) is 0 Å². The second-order valence-electron chi connectivity index (χ2n) is 3.16. The van der Waals surface area contributed by atoms with Gasteiger partial charge >= 0.3 is 5.43 Å². The summed E-state index contributed by atoms with van der Waals surface area (Å²) in [5, 5.41) is 9.42. The molecule has 0 aliphatic heterocycles. The first kappa shape index (κ1) is 13.6. The van der Waals surface area contributed by atoms with Crippen molar-refractivity contribution < 1.29 is 24.1 Å². The highest BCUT2D eigenvalue weighted by Gasteiger charge is 2.10. The van der Waals surface area contributed by atoms with Gasteiger partial charge in [-0.1, -0.05) is 12.1 Å². The zero-order chi connectivity index (χ0) is 12.7. The number of benzene rings is 1. The molecule has 0 aromatic heterocycles. The van der Waals surface area contributed by atoms with Crippen molar-refractivity contribution in [1.82, 2.24) is 0 Å². The van der Waals surface area contributed by atoms with Gasteiger partial charge in [-0.3, -0.25) is 0 Å². The van der Waals surface area contributed by atoms with Crippen LogP contribution in [-0.2, 0) is 4.74 Å². The van der Waals surface area contributed by atoms with Crippen LogP contribution in [0.15, 0.2) is 24.3 Å². The molecule has 0 radical (unpaired) electrons. The summed E-state index contributed by atoms with van der Waals surface area (Å²) in [6, 6.07) is 7.03. The Morgan fingerprint density at radius 1 is 1.35 bits per heavy atom. The molecule has 5 nitrogen and oxygen atoms in total. The monoisotopic (exact) mass is 260 g/mol. The fourth-order valence-electron chi connectivity index (χ4n) is 1.13. The second kappa shape index (κ2) is 6.98. The van der Waals surface area contributed by atoms with Crippen molar-refractivity contribution in [3.8, 4) is 11.5 Å². The molecule has 0 saturated heterocycles. The van der Waals surface area contributed by atoms with E-state index in [2.05, 4.69) is 4.74 Å². The number of halogens is 1. The summed E-state index contributed by atoms with van der Waals surface area (Å²) in [5.41, 5.74) is -0.957. The number of carbonyl (C=O) groups excluding carboxylic acids is 1. The third-order valence-corrected chi connectivity index (χ3v) is 2.00. The SMILES string of the molecule is COc1ccccc1OCC(O)COC(=O)Cl. The number of aliphatic hydroxyl groups is 1. The zero-order valence-corrected chi connectivity index (χ0v) is 10.0. The number of para-hydroxylation sites is 2. The van der Waals surface area contributed by atoms with Crippen LogP contribution in [0.4, 0.5) is 4.79 Å². The van der Waals surface area contributed by atoms with Crippen molar-refractivity contribution >= 4 is 17.0 Å². The Labute approximate surface area is 104 Å². The van der Waals surface area contributed by atoms with Crippen LogP contribution in [0, 0.1) is 0 Å². The Bertz CT molecular complexity index is 369. The highest BCUT2D eigenvalue weighted by atomic mass is 35.5. The molecule has 0 saturated carbocycles. The molecule has 0 aliphatic rings. The molecule has 1 aromatic rings. The van der Waals surface area contributed by atoms with E-state index in [9.17, 15) is 9.90 Å². The summed E-state index contributed by atoms with van der Waals surface area (Å²) < 4.78 is 14.8. The first-order valence-electron chi connectivity index (χ1n) is 4.89. The van der Waals surface area contributed by atoms with E-state index in [0.29, 0.717) is 11.5 Å². The number of carbonyl (C=O) groups is 1. The van der Waals surface area contributed by atoms with Crippen LogP contribution in [0.25, 0.3) is 0 Å². The molecular formula is C11H13ClO5. The molecule has 17 heavy (non-hydrogen) atoms. The van der Waals surface area contributed by atoms with Crippen LogP contribution in [0.5, 0.6) is 11.5 Å². The number of hydrogen-bond acceptors (Lipinski definition) is 5. The quantitative estimate of drug-likeness (QED) is 0.791. The predicted octanol–water partition coefficient (Wildman–Crippen LogP) is 1.81. The molecule has 0 heterocycles. The maximum Gasteiger partial charge on any atom is 0.403 e. The van der Waals surface area contributed by atoms with Gasteiger partial charge in [-0.2, -0.15) is 0 Å². The molecule has 0 aliphatic carbocycles. The molecule has 0 fully saturated rings. The van der Waals surface area contributed by atoms with Crippen molar-refractivity contribution in [3.05, 3.63) is 24.3 Å². The Balaban J connectivity index is 2.41. The molecule has 6 heteroatoms. The Hall–Kier alpha value is -1.46. The van der Waals surface area contributed by atoms with Crippen LogP contribution < -0.4 is 9.47 Å². The third kappa shape index (κ3) is 4.93. The molecule has 0 amide bonds. The predicted molar refractivity (Wildman–Crippen MR) is 61.7 cm³/mol. The van der Waals surface area contributed by atoms with E-state index in [1.807, 2.05) is 0 Å². The van der Waals surface area contributed by atoms with Crippen molar-refractivity contribution in [1.29, 1.82) is 0 Å². The topological polar surface area (TPSA) is 65.0 Å². The molecule has 1 atom stereocenters. The second-order valence-corrected chi connectivity index (χ2v) is 3.47. The van der Waals surface area contributed by atoms with Gasteiger partial charge in [-0.25, -0.2) is 4.79 Å². The lowest BCUT2D eigenvalue weighted by Crippen LogP contribution is -2.24. The number of methoxy groups -OCH3 is 1. The fourth-order valence-corrected chi connectivity index (χ4v) is 1.20. The third-order valence-electron chi connectivity index (χ3n) is 1.89. The lowest BCUT2D eigenvalue weighted by atomic mass is 10.3. The van der Waals surface area contributed by atoms with E-state index in [4.69, 9.17) is 21.1 Å². The summed E-state index contributed by atoms with van der Waals surface area (Å²) in [5.74, 6) is 1.07. The van der Waals surface area contributed by atoms with Crippen molar-refractivity contribution in [2.75, 3.05) is 20.3 Å². The van der Waals surface area contributed by atoms with Crippen LogP contribution in [0.1, 0.15) is 0 Å². The van der Waals surface area contributed by atoms with Gasteiger partial charge in [-0.05, 0) is 12.1 Å². The molecular weight excluding hydrogens is 248 g/mol. The van der Waals surface area contributed by atoms with Gasteiger partial charge in [0.1, 0.15) is 19.3 Å². The molecule has 1 N–H and O–H groups in total. The average molecular weight is 261 g/mol. The van der Waals surface area contributed by atoms with E-state index in [1.165, 1.54) is 7.11 Å². The summed E-state index contributed by atoms with van der Waals surface area (Å²) in [6.45, 7) is -0.234. The Morgan fingerprint density at radius 2 is 2.00 bits per heavy atom. The summed E-state index contributed by atoms with van der Waals surface area (Å²) in [6.07, 6.45) is -0.942. The summed E-state index contributed by atoms with van der Waals surface area (Å²) >= 11 is 4.95. The van der Waals surface area contributed by atoms with Crippen molar-refractivity contribution in [3.63, 3.8) is 0 Å². The summed E-state index contributed by atoms with van der Waals surface area (Å²) in [7, 11) is 1.52. The number of aliphatic hydroxyl groups excluding tert-OH is 1. The van der Waals surface area contributed by atoms with E-state index >= 15 is 0 Å². The smallest absolute Gasteiger partial charge is 0.403 e. The minimum absolute atomic E-state index is 0.0233. The Morgan fingerprint density at radius 3 is 2.59 bits per heavy atom. The maximum absolute atomic E-state index is 10.3. The minimum atomic E-state index is -0.957. The van der Waals surface area contributed by atoms with E-state index in [0.717, 1.165) is 0 Å². The normalized spacial score (nSPS) is 11.7. The molecule has 0 spiro atoms. The van der Waals surface area contributed by atoms with Gasteiger partial charge in [0.25, 0.3) is 0 Å². The largest absolute Gasteiger partial charge is 0.493 e.